The summed E-state index contributed by atoms with van der Waals surface area (Å²) < 4.78 is 5.36. The van der Waals surface area contributed by atoms with Gasteiger partial charge in [0.2, 0.25) is 5.91 Å². The molecule has 0 saturated carbocycles. The van der Waals surface area contributed by atoms with Gasteiger partial charge in [-0.1, -0.05) is 0 Å². The molecule has 0 radical (unpaired) electrons. The molecule has 0 bridgehead atoms. The predicted molar refractivity (Wildman–Crippen MR) is 96.2 cm³/mol. The maximum Gasteiger partial charge on any atom is 0.255 e. The third-order valence-corrected chi connectivity index (χ3v) is 4.49. The molecule has 2 aromatic carbocycles. The van der Waals surface area contributed by atoms with Crippen LogP contribution in [-0.2, 0) is 16.0 Å². The van der Waals surface area contributed by atoms with Crippen LogP contribution in [0.5, 0.6) is 0 Å². The van der Waals surface area contributed by atoms with Crippen LogP contribution in [-0.4, -0.2) is 38.1 Å². The second-order valence-electron chi connectivity index (χ2n) is 6.20. The molecule has 2 aliphatic rings. The second-order valence-corrected chi connectivity index (χ2v) is 6.20. The van der Waals surface area contributed by atoms with E-state index in [0.717, 1.165) is 48.9 Å². The van der Waals surface area contributed by atoms with Gasteiger partial charge in [0, 0.05) is 35.7 Å². The zero-order valence-electron chi connectivity index (χ0n) is 13.7. The summed E-state index contributed by atoms with van der Waals surface area (Å²) in [7, 11) is 0. The molecular weight excluding hydrogens is 318 g/mol. The Morgan fingerprint density at radius 1 is 1.08 bits per heavy atom. The summed E-state index contributed by atoms with van der Waals surface area (Å²) in [6.45, 7) is 3.25. The smallest absolute Gasteiger partial charge is 0.255 e. The van der Waals surface area contributed by atoms with Gasteiger partial charge in [0.05, 0.1) is 19.6 Å². The van der Waals surface area contributed by atoms with Gasteiger partial charge in [0.1, 0.15) is 0 Å². The molecule has 0 aromatic heterocycles. The highest BCUT2D eigenvalue weighted by atomic mass is 16.5. The van der Waals surface area contributed by atoms with Crippen molar-refractivity contribution in [3.63, 3.8) is 0 Å². The van der Waals surface area contributed by atoms with Crippen molar-refractivity contribution in [1.82, 2.24) is 0 Å². The standard InChI is InChI=1S/C19H19N3O3/c23-18-12-14-11-13(1-6-17(14)21-18)19(24)20-15-2-4-16(5-3-15)22-7-9-25-10-8-22/h1-6,11H,7-10,12H2,(H,20,24)(H,21,23). The molecular formula is C19H19N3O3. The van der Waals surface area contributed by atoms with Gasteiger partial charge >= 0.3 is 0 Å². The van der Waals surface area contributed by atoms with Crippen molar-refractivity contribution in [2.75, 3.05) is 41.8 Å². The van der Waals surface area contributed by atoms with Gasteiger partial charge < -0.3 is 20.3 Å². The van der Waals surface area contributed by atoms with Crippen LogP contribution < -0.4 is 15.5 Å². The van der Waals surface area contributed by atoms with E-state index in [1.165, 1.54) is 0 Å². The molecule has 2 amide bonds. The number of benzene rings is 2. The topological polar surface area (TPSA) is 70.7 Å². The molecule has 1 saturated heterocycles. The number of nitrogens with zero attached hydrogens (tertiary/aromatic N) is 1. The van der Waals surface area contributed by atoms with Crippen LogP contribution in [0, 0.1) is 0 Å². The van der Waals surface area contributed by atoms with E-state index in [1.807, 2.05) is 24.3 Å². The third-order valence-electron chi connectivity index (χ3n) is 4.49. The average Bonchev–Trinajstić information content (AvgIpc) is 3.02. The Hall–Kier alpha value is -2.86. The van der Waals surface area contributed by atoms with Crippen molar-refractivity contribution in [1.29, 1.82) is 0 Å². The number of morpholine rings is 1. The third kappa shape index (κ3) is 3.34. The molecule has 4 rings (SSSR count). The molecule has 0 unspecified atom stereocenters. The van der Waals surface area contributed by atoms with E-state index in [1.54, 1.807) is 18.2 Å². The molecule has 1 fully saturated rings. The van der Waals surface area contributed by atoms with Crippen LogP contribution >= 0.6 is 0 Å². The van der Waals surface area contributed by atoms with Crippen molar-refractivity contribution in [3.8, 4) is 0 Å². The van der Waals surface area contributed by atoms with Gasteiger partial charge in [-0.05, 0) is 48.0 Å². The summed E-state index contributed by atoms with van der Waals surface area (Å²) in [5, 5.41) is 5.67. The fraction of sp³-hybridized carbons (Fsp3) is 0.263. The molecule has 6 nitrogen and oxygen atoms in total. The van der Waals surface area contributed by atoms with Crippen molar-refractivity contribution >= 4 is 28.9 Å². The number of carbonyl (C=O) groups excluding carboxylic acids is 2. The monoisotopic (exact) mass is 337 g/mol. The number of hydrogen-bond acceptors (Lipinski definition) is 4. The Kier molecular flexibility index (Phi) is 4.11. The first-order chi connectivity index (χ1) is 12.2. The number of rotatable bonds is 3. The fourth-order valence-corrected chi connectivity index (χ4v) is 3.15. The Balaban J connectivity index is 1.44. The van der Waals surface area contributed by atoms with Crippen molar-refractivity contribution in [3.05, 3.63) is 53.6 Å². The molecule has 0 atom stereocenters. The highest BCUT2D eigenvalue weighted by Crippen LogP contribution is 2.25. The summed E-state index contributed by atoms with van der Waals surface area (Å²) >= 11 is 0. The molecule has 2 N–H and O–H groups in total. The maximum absolute atomic E-state index is 12.4. The number of nitrogens with one attached hydrogen (secondary N) is 2. The average molecular weight is 337 g/mol. The number of hydrogen-bond donors (Lipinski definition) is 2. The molecule has 2 aromatic rings. The van der Waals surface area contributed by atoms with Gasteiger partial charge in [-0.2, -0.15) is 0 Å². The van der Waals surface area contributed by atoms with E-state index >= 15 is 0 Å². The highest BCUT2D eigenvalue weighted by molar-refractivity contribution is 6.06. The van der Waals surface area contributed by atoms with Gasteiger partial charge in [0.15, 0.2) is 0 Å². The summed E-state index contributed by atoms with van der Waals surface area (Å²) in [6.07, 6.45) is 0.324. The number of fused-ring (bicyclic) bond motifs is 1. The lowest BCUT2D eigenvalue weighted by Gasteiger charge is -2.28. The van der Waals surface area contributed by atoms with Crippen LogP contribution in [0.4, 0.5) is 17.1 Å². The first-order valence-corrected chi connectivity index (χ1v) is 8.36. The minimum Gasteiger partial charge on any atom is -0.378 e. The zero-order valence-corrected chi connectivity index (χ0v) is 13.7. The lowest BCUT2D eigenvalue weighted by atomic mass is 10.1. The maximum atomic E-state index is 12.4. The number of anilines is 3. The number of amides is 2. The SMILES string of the molecule is O=C1Cc2cc(C(=O)Nc3ccc(N4CCOCC4)cc3)ccc2N1. The second kappa shape index (κ2) is 6.57. The van der Waals surface area contributed by atoms with Crippen molar-refractivity contribution in [2.45, 2.75) is 6.42 Å². The molecule has 25 heavy (non-hydrogen) atoms. The van der Waals surface area contributed by atoms with Crippen molar-refractivity contribution in [2.24, 2.45) is 0 Å². The van der Waals surface area contributed by atoms with Crippen LogP contribution in [0.15, 0.2) is 42.5 Å². The summed E-state index contributed by atoms with van der Waals surface area (Å²) in [5.41, 5.74) is 4.07. The van der Waals surface area contributed by atoms with Crippen LogP contribution in [0.3, 0.4) is 0 Å². The normalized spacial score (nSPS) is 16.3. The molecule has 6 heteroatoms. The van der Waals surface area contributed by atoms with Gasteiger partial charge in [-0.25, -0.2) is 0 Å². The van der Waals surface area contributed by atoms with Crippen LogP contribution in [0.1, 0.15) is 15.9 Å². The van der Waals surface area contributed by atoms with Crippen LogP contribution in [0.25, 0.3) is 0 Å². The Bertz CT molecular complexity index is 811. The molecule has 2 heterocycles. The summed E-state index contributed by atoms with van der Waals surface area (Å²) in [5.74, 6) is -0.215. The Labute approximate surface area is 145 Å². The summed E-state index contributed by atoms with van der Waals surface area (Å²) in [4.78, 5) is 26.1. The van der Waals surface area contributed by atoms with Gasteiger partial charge in [-0.3, -0.25) is 9.59 Å². The van der Waals surface area contributed by atoms with E-state index in [9.17, 15) is 9.59 Å². The van der Waals surface area contributed by atoms with Crippen molar-refractivity contribution < 1.29 is 14.3 Å². The van der Waals surface area contributed by atoms with E-state index in [0.29, 0.717) is 12.0 Å². The Morgan fingerprint density at radius 3 is 2.60 bits per heavy atom. The fourth-order valence-electron chi connectivity index (χ4n) is 3.15. The van der Waals surface area contributed by atoms with E-state index < -0.39 is 0 Å². The van der Waals surface area contributed by atoms with Gasteiger partial charge in [0.25, 0.3) is 5.91 Å². The lowest BCUT2D eigenvalue weighted by Crippen LogP contribution is -2.36. The first kappa shape index (κ1) is 15.7. The molecule has 2 aliphatic heterocycles. The molecule has 0 aliphatic carbocycles. The Morgan fingerprint density at radius 2 is 1.84 bits per heavy atom. The quantitative estimate of drug-likeness (QED) is 0.901. The van der Waals surface area contributed by atoms with Gasteiger partial charge in [-0.15, -0.1) is 0 Å². The minimum atomic E-state index is -0.179. The largest absolute Gasteiger partial charge is 0.378 e. The summed E-state index contributed by atoms with van der Waals surface area (Å²) in [6, 6.07) is 13.1. The lowest BCUT2D eigenvalue weighted by molar-refractivity contribution is -0.115. The van der Waals surface area contributed by atoms with Crippen LogP contribution in [0.2, 0.25) is 0 Å². The number of carbonyl (C=O) groups is 2. The predicted octanol–water partition coefficient (Wildman–Crippen LogP) is 2.27. The van der Waals surface area contributed by atoms with E-state index in [-0.39, 0.29) is 11.8 Å². The van der Waals surface area contributed by atoms with E-state index in [2.05, 4.69) is 15.5 Å². The number of ether oxygens (including phenoxy) is 1. The zero-order chi connectivity index (χ0) is 17.2. The molecule has 0 spiro atoms. The molecule has 128 valence electrons. The highest BCUT2D eigenvalue weighted by Gasteiger charge is 2.19. The van der Waals surface area contributed by atoms with E-state index in [4.69, 9.17) is 4.74 Å². The minimum absolute atomic E-state index is 0.0359. The first-order valence-electron chi connectivity index (χ1n) is 8.36.